The Kier molecular flexibility index (Phi) is 4.49. The number of carbonyl (C=O) groups is 1. The van der Waals surface area contributed by atoms with Crippen LogP contribution in [0.25, 0.3) is 0 Å². The lowest BCUT2D eigenvalue weighted by atomic mass is 10.3. The predicted octanol–water partition coefficient (Wildman–Crippen LogP) is 4.17. The molecule has 0 aliphatic heterocycles. The zero-order valence-corrected chi connectivity index (χ0v) is 12.7. The molecule has 0 unspecified atom stereocenters. The lowest BCUT2D eigenvalue weighted by Gasteiger charge is -2.07. The minimum Gasteiger partial charge on any atom is -0.421 e. The maximum Gasteiger partial charge on any atom is 0.274 e. The van der Waals surface area contributed by atoms with E-state index in [1.54, 1.807) is 48.5 Å². The van der Waals surface area contributed by atoms with Crippen LogP contribution >= 0.6 is 11.6 Å². The zero-order chi connectivity index (χ0) is 16.1. The van der Waals surface area contributed by atoms with Crippen molar-refractivity contribution >= 4 is 23.2 Å². The van der Waals surface area contributed by atoms with Gasteiger partial charge in [-0.3, -0.25) is 4.79 Å². The summed E-state index contributed by atoms with van der Waals surface area (Å²) in [4.78, 5) is 20.4. The van der Waals surface area contributed by atoms with Crippen molar-refractivity contribution in [1.29, 1.82) is 0 Å². The molecule has 0 fully saturated rings. The quantitative estimate of drug-likeness (QED) is 0.731. The van der Waals surface area contributed by atoms with E-state index < -0.39 is 0 Å². The normalized spacial score (nSPS) is 10.1. The van der Waals surface area contributed by atoms with Crippen LogP contribution < -0.4 is 10.1 Å². The highest BCUT2D eigenvalue weighted by Crippen LogP contribution is 2.19. The Labute approximate surface area is 137 Å². The number of amides is 1. The maximum absolute atomic E-state index is 12.2. The number of halogens is 1. The Morgan fingerprint density at radius 2 is 1.57 bits per heavy atom. The molecule has 0 bridgehead atoms. The van der Waals surface area contributed by atoms with Crippen molar-refractivity contribution in [3.8, 4) is 11.8 Å². The highest BCUT2D eigenvalue weighted by molar-refractivity contribution is 6.29. The largest absolute Gasteiger partial charge is 0.421 e. The van der Waals surface area contributed by atoms with E-state index in [2.05, 4.69) is 15.3 Å². The Bertz CT molecular complexity index is 825. The number of aromatic nitrogens is 2. The van der Waals surface area contributed by atoms with Crippen molar-refractivity contribution in [2.24, 2.45) is 0 Å². The number of hydrogen-bond acceptors (Lipinski definition) is 4. The summed E-state index contributed by atoms with van der Waals surface area (Å²) in [6, 6.07) is 19.1. The molecular formula is C17H12ClN3O2. The summed E-state index contributed by atoms with van der Waals surface area (Å²) in [6.45, 7) is 0. The first-order chi connectivity index (χ1) is 11.2. The van der Waals surface area contributed by atoms with E-state index in [9.17, 15) is 4.79 Å². The molecule has 0 radical (unpaired) electrons. The molecule has 0 spiro atoms. The summed E-state index contributed by atoms with van der Waals surface area (Å²) >= 11 is 5.81. The second-order valence-electron chi connectivity index (χ2n) is 4.58. The molecule has 5 nitrogen and oxygen atoms in total. The van der Waals surface area contributed by atoms with Crippen molar-refractivity contribution in [2.75, 3.05) is 5.32 Å². The number of carbonyl (C=O) groups excluding carboxylic acids is 1. The number of benzene rings is 1. The highest BCUT2D eigenvalue weighted by Gasteiger charge is 2.09. The predicted molar refractivity (Wildman–Crippen MR) is 88.0 cm³/mol. The minimum atomic E-state index is -0.319. The summed E-state index contributed by atoms with van der Waals surface area (Å²) in [5.74, 6) is 0.256. The van der Waals surface area contributed by atoms with Crippen molar-refractivity contribution < 1.29 is 9.53 Å². The van der Waals surface area contributed by atoms with Gasteiger partial charge in [-0.1, -0.05) is 41.9 Å². The molecule has 3 aromatic rings. The average Bonchev–Trinajstić information content (AvgIpc) is 2.56. The highest BCUT2D eigenvalue weighted by atomic mass is 35.5. The Morgan fingerprint density at radius 3 is 2.30 bits per heavy atom. The van der Waals surface area contributed by atoms with Gasteiger partial charge in [-0.15, -0.1) is 0 Å². The van der Waals surface area contributed by atoms with E-state index in [0.717, 1.165) is 0 Å². The fourth-order valence-electron chi connectivity index (χ4n) is 1.87. The first kappa shape index (κ1) is 15.0. The van der Waals surface area contributed by atoms with Crippen molar-refractivity contribution in [3.05, 3.63) is 77.6 Å². The number of nitrogens with one attached hydrogen (secondary N) is 1. The third kappa shape index (κ3) is 4.05. The summed E-state index contributed by atoms with van der Waals surface area (Å²) in [7, 11) is 0. The summed E-state index contributed by atoms with van der Waals surface area (Å²) < 4.78 is 5.51. The van der Waals surface area contributed by atoms with Crippen LogP contribution in [0.1, 0.15) is 10.5 Å². The number of para-hydroxylation sites is 1. The van der Waals surface area contributed by atoms with Gasteiger partial charge in [-0.2, -0.15) is 0 Å². The standard InChI is InChI=1S/C17H12ClN3O2/c18-14-9-5-11-16(21-14)23-15-10-4-8-13(20-15)17(22)19-12-6-2-1-3-7-12/h1-11H,(H,19,22). The van der Waals surface area contributed by atoms with Crippen molar-refractivity contribution in [3.63, 3.8) is 0 Å². The first-order valence-corrected chi connectivity index (χ1v) is 7.22. The molecule has 1 N–H and O–H groups in total. The fourth-order valence-corrected chi connectivity index (χ4v) is 2.02. The van der Waals surface area contributed by atoms with Gasteiger partial charge >= 0.3 is 0 Å². The van der Waals surface area contributed by atoms with Crippen LogP contribution in [0.2, 0.25) is 5.15 Å². The smallest absolute Gasteiger partial charge is 0.274 e. The SMILES string of the molecule is O=C(Nc1ccccc1)c1cccc(Oc2cccc(Cl)n2)n1. The molecule has 0 saturated heterocycles. The Morgan fingerprint density at radius 1 is 0.870 bits per heavy atom. The van der Waals surface area contributed by atoms with Crippen LogP contribution in [0.5, 0.6) is 11.8 Å². The van der Waals surface area contributed by atoms with Gasteiger partial charge in [0.1, 0.15) is 10.8 Å². The zero-order valence-electron chi connectivity index (χ0n) is 11.9. The van der Waals surface area contributed by atoms with E-state index in [1.807, 2.05) is 18.2 Å². The van der Waals surface area contributed by atoms with E-state index in [1.165, 1.54) is 0 Å². The van der Waals surface area contributed by atoms with Gasteiger partial charge in [0.05, 0.1) is 0 Å². The van der Waals surface area contributed by atoms with E-state index in [0.29, 0.717) is 16.7 Å². The maximum atomic E-state index is 12.2. The van der Waals surface area contributed by atoms with E-state index in [-0.39, 0.29) is 17.5 Å². The Balaban J connectivity index is 1.75. The van der Waals surface area contributed by atoms with Gasteiger partial charge in [0.15, 0.2) is 0 Å². The number of nitrogens with zero attached hydrogens (tertiary/aromatic N) is 2. The average molecular weight is 326 g/mol. The molecular weight excluding hydrogens is 314 g/mol. The number of anilines is 1. The fraction of sp³-hybridized carbons (Fsp3) is 0. The molecule has 2 aromatic heterocycles. The van der Waals surface area contributed by atoms with Crippen LogP contribution in [0.15, 0.2) is 66.7 Å². The second-order valence-corrected chi connectivity index (χ2v) is 4.97. The topological polar surface area (TPSA) is 64.1 Å². The molecule has 6 heteroatoms. The van der Waals surface area contributed by atoms with Gasteiger partial charge < -0.3 is 10.1 Å². The molecule has 0 aliphatic carbocycles. The molecule has 0 saturated carbocycles. The molecule has 1 amide bonds. The molecule has 3 rings (SSSR count). The molecule has 0 atom stereocenters. The number of ether oxygens (including phenoxy) is 1. The van der Waals surface area contributed by atoms with Gasteiger partial charge in [0, 0.05) is 17.8 Å². The number of pyridine rings is 2. The molecule has 1 aromatic carbocycles. The van der Waals surface area contributed by atoms with Crippen molar-refractivity contribution in [1.82, 2.24) is 9.97 Å². The second kappa shape index (κ2) is 6.89. The Hall–Kier alpha value is -2.92. The summed E-state index contributed by atoms with van der Waals surface area (Å²) in [6.07, 6.45) is 0. The van der Waals surface area contributed by atoms with Gasteiger partial charge in [-0.25, -0.2) is 9.97 Å². The third-order valence-electron chi connectivity index (χ3n) is 2.89. The van der Waals surface area contributed by atoms with E-state index in [4.69, 9.17) is 16.3 Å². The lowest BCUT2D eigenvalue weighted by molar-refractivity contribution is 0.102. The van der Waals surface area contributed by atoms with E-state index >= 15 is 0 Å². The first-order valence-electron chi connectivity index (χ1n) is 6.84. The number of hydrogen-bond donors (Lipinski definition) is 1. The van der Waals surface area contributed by atoms with Crippen molar-refractivity contribution in [2.45, 2.75) is 0 Å². The van der Waals surface area contributed by atoms with Gasteiger partial charge in [0.25, 0.3) is 5.91 Å². The van der Waals surface area contributed by atoms with Gasteiger partial charge in [0.2, 0.25) is 11.8 Å². The van der Waals surface area contributed by atoms with Crippen LogP contribution in [-0.4, -0.2) is 15.9 Å². The van der Waals surface area contributed by atoms with Crippen LogP contribution in [0, 0.1) is 0 Å². The molecule has 2 heterocycles. The number of rotatable bonds is 4. The molecule has 0 aliphatic rings. The molecule has 114 valence electrons. The summed E-state index contributed by atoms with van der Waals surface area (Å²) in [5.41, 5.74) is 0.940. The van der Waals surface area contributed by atoms with Crippen LogP contribution in [0.4, 0.5) is 5.69 Å². The van der Waals surface area contributed by atoms with Crippen LogP contribution in [0.3, 0.4) is 0 Å². The minimum absolute atomic E-state index is 0.244. The van der Waals surface area contributed by atoms with Gasteiger partial charge in [-0.05, 0) is 24.3 Å². The third-order valence-corrected chi connectivity index (χ3v) is 3.10. The van der Waals surface area contributed by atoms with Crippen LogP contribution in [-0.2, 0) is 0 Å². The summed E-state index contributed by atoms with van der Waals surface area (Å²) in [5, 5.41) is 3.08. The monoisotopic (exact) mass is 325 g/mol. The lowest BCUT2D eigenvalue weighted by Crippen LogP contribution is -2.13. The molecule has 23 heavy (non-hydrogen) atoms.